The van der Waals surface area contributed by atoms with E-state index in [0.717, 1.165) is 25.0 Å². The van der Waals surface area contributed by atoms with Gasteiger partial charge in [0, 0.05) is 6.04 Å². The summed E-state index contributed by atoms with van der Waals surface area (Å²) in [5.41, 5.74) is 5.04. The van der Waals surface area contributed by atoms with Crippen molar-refractivity contribution in [1.82, 2.24) is 5.32 Å². The fraction of sp³-hybridized carbons (Fsp3) is 0.474. The molecule has 0 aliphatic carbocycles. The molecule has 1 aromatic rings. The van der Waals surface area contributed by atoms with Gasteiger partial charge in [-0.2, -0.15) is 0 Å². The molecular weight excluding hydrogens is 242 g/mol. The molecule has 0 spiro atoms. The molecule has 0 amide bonds. The van der Waals surface area contributed by atoms with Crippen molar-refractivity contribution in [2.24, 2.45) is 5.92 Å². The molecule has 0 aromatic heterocycles. The molecule has 1 nitrogen and oxygen atoms in total. The Morgan fingerprint density at radius 1 is 1.15 bits per heavy atom. The number of aryl methyl sites for hydroxylation is 1. The van der Waals surface area contributed by atoms with Crippen LogP contribution in [0, 0.1) is 12.8 Å². The first-order chi connectivity index (χ1) is 9.41. The van der Waals surface area contributed by atoms with Gasteiger partial charge in [-0.25, -0.2) is 0 Å². The van der Waals surface area contributed by atoms with Crippen molar-refractivity contribution in [1.29, 1.82) is 0 Å². The molecule has 110 valence electrons. The highest BCUT2D eigenvalue weighted by Gasteiger charge is 2.10. The summed E-state index contributed by atoms with van der Waals surface area (Å²) in [5, 5.41) is 3.55. The van der Waals surface area contributed by atoms with Gasteiger partial charge in [-0.15, -0.1) is 0 Å². The van der Waals surface area contributed by atoms with Crippen molar-refractivity contribution in [3.8, 4) is 0 Å². The number of rotatable bonds is 8. The smallest absolute Gasteiger partial charge is 0.0292 e. The van der Waals surface area contributed by atoms with Crippen molar-refractivity contribution in [3.05, 3.63) is 54.1 Å². The maximum absolute atomic E-state index is 4.25. The molecular formula is C19H29N. The lowest BCUT2D eigenvalue weighted by Gasteiger charge is -2.19. The van der Waals surface area contributed by atoms with E-state index in [-0.39, 0.29) is 0 Å². The highest BCUT2D eigenvalue weighted by atomic mass is 14.9. The zero-order chi connectivity index (χ0) is 15.1. The Balaban J connectivity index is 2.43. The third-order valence-corrected chi connectivity index (χ3v) is 3.64. The molecule has 1 atom stereocenters. The number of benzene rings is 1. The average Bonchev–Trinajstić information content (AvgIpc) is 2.37. The number of nitrogens with one attached hydrogen (secondary N) is 1. The fourth-order valence-corrected chi connectivity index (χ4v) is 2.43. The Morgan fingerprint density at radius 3 is 2.40 bits per heavy atom. The molecule has 0 aliphatic rings. The van der Waals surface area contributed by atoms with Gasteiger partial charge in [-0.3, -0.25) is 0 Å². The van der Waals surface area contributed by atoms with Gasteiger partial charge in [0.1, 0.15) is 0 Å². The molecule has 1 heteroatoms. The van der Waals surface area contributed by atoms with Crippen LogP contribution in [0.4, 0.5) is 0 Å². The second kappa shape index (κ2) is 8.06. The van der Waals surface area contributed by atoms with Crippen LogP contribution in [-0.4, -0.2) is 12.6 Å². The van der Waals surface area contributed by atoms with Crippen LogP contribution >= 0.6 is 0 Å². The Labute approximate surface area is 124 Å². The quantitative estimate of drug-likeness (QED) is 0.658. The summed E-state index contributed by atoms with van der Waals surface area (Å²) in [6.07, 6.45) is 2.17. The van der Waals surface area contributed by atoms with Gasteiger partial charge in [0.15, 0.2) is 0 Å². The van der Waals surface area contributed by atoms with Gasteiger partial charge < -0.3 is 5.32 Å². The van der Waals surface area contributed by atoms with Crippen LogP contribution in [-0.2, 0) is 0 Å². The van der Waals surface area contributed by atoms with E-state index in [1.54, 1.807) is 0 Å². The standard InChI is InChI=1S/C19H29N/c1-14(2)13-15(3)11-12-20-18(6)17(5)19-10-8-7-9-16(19)4/h7-10,14,18,20H,3,5,11-13H2,1-2,4,6H3. The van der Waals surface area contributed by atoms with Crippen LogP contribution < -0.4 is 5.32 Å². The predicted molar refractivity (Wildman–Crippen MR) is 90.9 cm³/mol. The Hall–Kier alpha value is -1.34. The van der Waals surface area contributed by atoms with Crippen LogP contribution in [0.2, 0.25) is 0 Å². The zero-order valence-corrected chi connectivity index (χ0v) is 13.5. The maximum Gasteiger partial charge on any atom is 0.0292 e. The van der Waals surface area contributed by atoms with E-state index in [0.29, 0.717) is 12.0 Å². The summed E-state index contributed by atoms with van der Waals surface area (Å²) in [4.78, 5) is 0. The van der Waals surface area contributed by atoms with Gasteiger partial charge in [0.05, 0.1) is 0 Å². The monoisotopic (exact) mass is 271 g/mol. The first kappa shape index (κ1) is 16.7. The molecule has 0 bridgehead atoms. The first-order valence-electron chi connectivity index (χ1n) is 7.56. The molecule has 0 heterocycles. The summed E-state index contributed by atoms with van der Waals surface area (Å²) in [6.45, 7) is 18.2. The van der Waals surface area contributed by atoms with E-state index in [2.05, 4.69) is 70.4 Å². The minimum atomic E-state index is 0.294. The van der Waals surface area contributed by atoms with Crippen molar-refractivity contribution in [3.63, 3.8) is 0 Å². The normalized spacial score (nSPS) is 12.4. The number of hydrogen-bond acceptors (Lipinski definition) is 1. The number of hydrogen-bond donors (Lipinski definition) is 1. The summed E-state index contributed by atoms with van der Waals surface area (Å²) in [6, 6.07) is 8.72. The zero-order valence-electron chi connectivity index (χ0n) is 13.5. The van der Waals surface area contributed by atoms with Gasteiger partial charge >= 0.3 is 0 Å². The minimum absolute atomic E-state index is 0.294. The van der Waals surface area contributed by atoms with E-state index in [9.17, 15) is 0 Å². The Kier molecular flexibility index (Phi) is 6.74. The summed E-state index contributed by atoms with van der Waals surface area (Å²) >= 11 is 0. The molecule has 1 unspecified atom stereocenters. The minimum Gasteiger partial charge on any atom is -0.310 e. The van der Waals surface area contributed by atoms with Crippen molar-refractivity contribution in [2.45, 2.75) is 46.6 Å². The van der Waals surface area contributed by atoms with Crippen LogP contribution in [0.3, 0.4) is 0 Å². The summed E-state index contributed by atoms with van der Waals surface area (Å²) in [5.74, 6) is 0.696. The molecule has 0 aliphatic heterocycles. The van der Waals surface area contributed by atoms with E-state index >= 15 is 0 Å². The highest BCUT2D eigenvalue weighted by Crippen LogP contribution is 2.20. The molecule has 0 saturated heterocycles. The van der Waals surface area contributed by atoms with Gasteiger partial charge in [-0.1, -0.05) is 56.8 Å². The molecule has 1 N–H and O–H groups in total. The van der Waals surface area contributed by atoms with E-state index in [4.69, 9.17) is 0 Å². The summed E-state index contributed by atoms with van der Waals surface area (Å²) in [7, 11) is 0. The largest absolute Gasteiger partial charge is 0.310 e. The lowest BCUT2D eigenvalue weighted by molar-refractivity contribution is 0.594. The molecule has 0 saturated carbocycles. The third-order valence-electron chi connectivity index (χ3n) is 3.64. The lowest BCUT2D eigenvalue weighted by Crippen LogP contribution is -2.28. The second-order valence-electron chi connectivity index (χ2n) is 6.11. The van der Waals surface area contributed by atoms with Gasteiger partial charge in [0.2, 0.25) is 0 Å². The van der Waals surface area contributed by atoms with Gasteiger partial charge in [-0.05, 0) is 55.9 Å². The van der Waals surface area contributed by atoms with E-state index in [1.165, 1.54) is 16.7 Å². The predicted octanol–water partition coefficient (Wildman–Crippen LogP) is 4.98. The van der Waals surface area contributed by atoms with E-state index in [1.807, 2.05) is 0 Å². The van der Waals surface area contributed by atoms with Crippen LogP contribution in [0.1, 0.15) is 44.7 Å². The fourth-order valence-electron chi connectivity index (χ4n) is 2.43. The Morgan fingerprint density at radius 2 is 1.80 bits per heavy atom. The molecule has 0 radical (unpaired) electrons. The topological polar surface area (TPSA) is 12.0 Å². The summed E-state index contributed by atoms with van der Waals surface area (Å²) < 4.78 is 0. The maximum atomic E-state index is 4.25. The highest BCUT2D eigenvalue weighted by molar-refractivity contribution is 5.69. The Bertz CT molecular complexity index is 457. The van der Waals surface area contributed by atoms with Gasteiger partial charge in [0.25, 0.3) is 0 Å². The molecule has 20 heavy (non-hydrogen) atoms. The van der Waals surface area contributed by atoms with Crippen LogP contribution in [0.15, 0.2) is 43.0 Å². The van der Waals surface area contributed by atoms with Crippen molar-refractivity contribution in [2.75, 3.05) is 6.54 Å². The third kappa shape index (κ3) is 5.34. The SMILES string of the molecule is C=C(CCNC(C)C(=C)c1ccccc1C)CC(C)C. The van der Waals surface area contributed by atoms with E-state index < -0.39 is 0 Å². The molecule has 1 rings (SSSR count). The van der Waals surface area contributed by atoms with Crippen molar-refractivity contribution < 1.29 is 0 Å². The van der Waals surface area contributed by atoms with Crippen LogP contribution in [0.5, 0.6) is 0 Å². The van der Waals surface area contributed by atoms with Crippen LogP contribution in [0.25, 0.3) is 5.57 Å². The van der Waals surface area contributed by atoms with Crippen molar-refractivity contribution >= 4 is 5.57 Å². The second-order valence-corrected chi connectivity index (χ2v) is 6.11. The lowest BCUT2D eigenvalue weighted by atomic mass is 9.96. The molecule has 0 fully saturated rings. The molecule has 1 aromatic carbocycles. The first-order valence-corrected chi connectivity index (χ1v) is 7.56. The average molecular weight is 271 g/mol.